The third-order valence-electron chi connectivity index (χ3n) is 2.49. The van der Waals surface area contributed by atoms with Crippen molar-refractivity contribution in [1.29, 1.82) is 0 Å². The van der Waals surface area contributed by atoms with Crippen LogP contribution in [-0.4, -0.2) is 12.4 Å². The molecule has 20 heavy (non-hydrogen) atoms. The largest absolute Gasteiger partial charge is 0.482 e. The van der Waals surface area contributed by atoms with Gasteiger partial charge in [0.1, 0.15) is 5.82 Å². The van der Waals surface area contributed by atoms with Crippen molar-refractivity contribution in [2.24, 2.45) is 0 Å². The average molecular weight is 284 g/mol. The van der Waals surface area contributed by atoms with E-state index in [2.05, 4.69) is 0 Å². The molecule has 0 fully saturated rings. The maximum absolute atomic E-state index is 13.2. The van der Waals surface area contributed by atoms with E-state index < -0.39 is 41.4 Å². The van der Waals surface area contributed by atoms with Gasteiger partial charge in [-0.1, -0.05) is 0 Å². The molecule has 104 valence electrons. The second-order valence-corrected chi connectivity index (χ2v) is 3.92. The summed E-state index contributed by atoms with van der Waals surface area (Å²) in [6.45, 7) is -0.620. The maximum Gasteiger partial charge on any atom is 0.200 e. The zero-order valence-corrected chi connectivity index (χ0v) is 10.00. The molecular formula is C14H8F4O2. The van der Waals surface area contributed by atoms with Crippen molar-refractivity contribution in [3.05, 3.63) is 65.2 Å². The monoisotopic (exact) mass is 284 g/mol. The molecule has 2 aromatic carbocycles. The Labute approximate surface area is 111 Å². The van der Waals surface area contributed by atoms with Crippen LogP contribution in [0.15, 0.2) is 36.4 Å². The molecule has 0 saturated carbocycles. The molecule has 2 rings (SSSR count). The van der Waals surface area contributed by atoms with Gasteiger partial charge in [-0.15, -0.1) is 0 Å². The molecule has 0 unspecified atom stereocenters. The van der Waals surface area contributed by atoms with E-state index in [4.69, 9.17) is 4.74 Å². The van der Waals surface area contributed by atoms with E-state index in [-0.39, 0.29) is 5.56 Å². The van der Waals surface area contributed by atoms with Gasteiger partial charge < -0.3 is 4.74 Å². The highest BCUT2D eigenvalue weighted by Crippen LogP contribution is 2.18. The Balaban J connectivity index is 2.08. The summed E-state index contributed by atoms with van der Waals surface area (Å²) in [5.74, 6) is -4.92. The zero-order chi connectivity index (χ0) is 14.7. The number of benzene rings is 2. The Hall–Kier alpha value is -2.37. The van der Waals surface area contributed by atoms with E-state index >= 15 is 0 Å². The van der Waals surface area contributed by atoms with Gasteiger partial charge in [0.15, 0.2) is 35.6 Å². The number of rotatable bonds is 4. The third-order valence-corrected chi connectivity index (χ3v) is 2.49. The van der Waals surface area contributed by atoms with Gasteiger partial charge in [0.2, 0.25) is 0 Å². The van der Waals surface area contributed by atoms with Gasteiger partial charge in [-0.3, -0.25) is 4.79 Å². The molecule has 2 nitrogen and oxygen atoms in total. The number of carbonyl (C=O) groups excluding carboxylic acids is 1. The van der Waals surface area contributed by atoms with Gasteiger partial charge in [-0.2, -0.15) is 0 Å². The predicted molar refractivity (Wildman–Crippen MR) is 62.5 cm³/mol. The SMILES string of the molecule is O=C(COc1cc(F)ccc1F)c1ccc(F)c(F)c1. The van der Waals surface area contributed by atoms with Gasteiger partial charge in [-0.05, 0) is 30.3 Å². The minimum absolute atomic E-state index is 0.124. The van der Waals surface area contributed by atoms with Crippen LogP contribution in [-0.2, 0) is 0 Å². The number of hydrogen-bond donors (Lipinski definition) is 0. The van der Waals surface area contributed by atoms with Crippen LogP contribution in [0.3, 0.4) is 0 Å². The van der Waals surface area contributed by atoms with E-state index in [9.17, 15) is 22.4 Å². The first-order chi connectivity index (χ1) is 9.47. The zero-order valence-electron chi connectivity index (χ0n) is 10.00. The number of hydrogen-bond acceptors (Lipinski definition) is 2. The number of Topliss-reactive ketones (excluding diaryl/α,β-unsaturated/α-hetero) is 1. The van der Waals surface area contributed by atoms with Crippen LogP contribution in [0.1, 0.15) is 10.4 Å². The Kier molecular flexibility index (Phi) is 4.02. The lowest BCUT2D eigenvalue weighted by atomic mass is 10.1. The molecule has 0 radical (unpaired) electrons. The summed E-state index contributed by atoms with van der Waals surface area (Å²) in [6, 6.07) is 5.13. The fourth-order valence-electron chi connectivity index (χ4n) is 1.48. The third kappa shape index (κ3) is 3.14. The average Bonchev–Trinajstić information content (AvgIpc) is 2.42. The lowest BCUT2D eigenvalue weighted by Crippen LogP contribution is -2.12. The van der Waals surface area contributed by atoms with Crippen molar-refractivity contribution >= 4 is 5.78 Å². The standard InChI is InChI=1S/C14H8F4O2/c15-9-2-4-11(17)14(6-9)20-7-13(19)8-1-3-10(16)12(18)5-8/h1-6H,7H2. The number of ketones is 1. The first-order valence-corrected chi connectivity index (χ1v) is 5.53. The fourth-order valence-corrected chi connectivity index (χ4v) is 1.48. The molecule has 6 heteroatoms. The lowest BCUT2D eigenvalue weighted by molar-refractivity contribution is 0.0918. The highest BCUT2D eigenvalue weighted by atomic mass is 19.2. The molecule has 0 saturated heterocycles. The van der Waals surface area contributed by atoms with E-state index in [1.165, 1.54) is 0 Å². The van der Waals surface area contributed by atoms with Gasteiger partial charge in [0, 0.05) is 11.6 Å². The highest BCUT2D eigenvalue weighted by molar-refractivity contribution is 5.97. The molecule has 0 aliphatic rings. The summed E-state index contributed by atoms with van der Waals surface area (Å²) in [7, 11) is 0. The second kappa shape index (κ2) is 5.73. The molecule has 0 atom stereocenters. The molecule has 0 heterocycles. The number of ether oxygens (including phenoxy) is 1. The molecule has 0 bridgehead atoms. The van der Waals surface area contributed by atoms with E-state index in [0.29, 0.717) is 6.07 Å². The smallest absolute Gasteiger partial charge is 0.200 e. The van der Waals surface area contributed by atoms with Crippen LogP contribution in [0.5, 0.6) is 5.75 Å². The first-order valence-electron chi connectivity index (χ1n) is 5.53. The summed E-state index contributed by atoms with van der Waals surface area (Å²) < 4.78 is 56.6. The molecule has 2 aromatic rings. The quantitative estimate of drug-likeness (QED) is 0.634. The summed E-state index contributed by atoms with van der Waals surface area (Å²) >= 11 is 0. The minimum atomic E-state index is -1.17. The van der Waals surface area contributed by atoms with Crippen molar-refractivity contribution in [2.75, 3.05) is 6.61 Å². The van der Waals surface area contributed by atoms with Crippen molar-refractivity contribution in [3.63, 3.8) is 0 Å². The topological polar surface area (TPSA) is 26.3 Å². The Morgan fingerprint density at radius 2 is 1.60 bits per heavy atom. The predicted octanol–water partition coefficient (Wildman–Crippen LogP) is 3.50. The minimum Gasteiger partial charge on any atom is -0.482 e. The first kappa shape index (κ1) is 14.0. The summed E-state index contributed by atoms with van der Waals surface area (Å²) in [5, 5.41) is 0. The van der Waals surface area contributed by atoms with Crippen LogP contribution in [0.25, 0.3) is 0 Å². The van der Waals surface area contributed by atoms with Gasteiger partial charge >= 0.3 is 0 Å². The van der Waals surface area contributed by atoms with Crippen LogP contribution in [0, 0.1) is 23.3 Å². The molecule has 0 N–H and O–H groups in total. The molecule has 0 spiro atoms. The summed E-state index contributed by atoms with van der Waals surface area (Å²) in [4.78, 5) is 11.6. The number of carbonyl (C=O) groups is 1. The molecule has 0 aliphatic carbocycles. The Morgan fingerprint density at radius 3 is 2.30 bits per heavy atom. The van der Waals surface area contributed by atoms with E-state index in [1.807, 2.05) is 0 Å². The molecular weight excluding hydrogens is 276 g/mol. The summed E-state index contributed by atoms with van der Waals surface area (Å²) in [5.41, 5.74) is -0.124. The van der Waals surface area contributed by atoms with Crippen molar-refractivity contribution in [3.8, 4) is 5.75 Å². The van der Waals surface area contributed by atoms with Crippen LogP contribution < -0.4 is 4.74 Å². The van der Waals surface area contributed by atoms with Crippen molar-refractivity contribution in [2.45, 2.75) is 0 Å². The molecule has 0 aliphatic heterocycles. The number of halogens is 4. The molecule has 0 amide bonds. The second-order valence-electron chi connectivity index (χ2n) is 3.92. The van der Waals surface area contributed by atoms with Crippen molar-refractivity contribution < 1.29 is 27.1 Å². The molecule has 0 aromatic heterocycles. The summed E-state index contributed by atoms with van der Waals surface area (Å²) in [6.07, 6.45) is 0. The van der Waals surface area contributed by atoms with Crippen LogP contribution >= 0.6 is 0 Å². The lowest BCUT2D eigenvalue weighted by Gasteiger charge is -2.07. The van der Waals surface area contributed by atoms with Crippen LogP contribution in [0.4, 0.5) is 17.6 Å². The Morgan fingerprint density at radius 1 is 0.900 bits per heavy atom. The van der Waals surface area contributed by atoms with Gasteiger partial charge in [0.25, 0.3) is 0 Å². The van der Waals surface area contributed by atoms with Gasteiger partial charge in [-0.25, -0.2) is 17.6 Å². The Bertz CT molecular complexity index is 656. The van der Waals surface area contributed by atoms with E-state index in [1.54, 1.807) is 0 Å². The van der Waals surface area contributed by atoms with Crippen molar-refractivity contribution in [1.82, 2.24) is 0 Å². The normalized spacial score (nSPS) is 10.4. The van der Waals surface area contributed by atoms with Gasteiger partial charge in [0.05, 0.1) is 0 Å². The fraction of sp³-hybridized carbons (Fsp3) is 0.0714. The van der Waals surface area contributed by atoms with E-state index in [0.717, 1.165) is 30.3 Å². The highest BCUT2D eigenvalue weighted by Gasteiger charge is 2.12. The maximum atomic E-state index is 13.2. The van der Waals surface area contributed by atoms with Crippen LogP contribution in [0.2, 0.25) is 0 Å².